The van der Waals surface area contributed by atoms with E-state index in [1.54, 1.807) is 25.3 Å². The third-order valence-electron chi connectivity index (χ3n) is 11.3. The maximum Gasteiger partial charge on any atom is 0.285 e. The molecule has 0 fully saturated rings. The fourth-order valence-corrected chi connectivity index (χ4v) is 8.07. The van der Waals surface area contributed by atoms with Crippen LogP contribution in [0.3, 0.4) is 0 Å². The molecular weight excluding hydrogens is 809 g/mol. The second kappa shape index (κ2) is 18.9. The van der Waals surface area contributed by atoms with E-state index in [4.69, 9.17) is 20.5 Å². The van der Waals surface area contributed by atoms with Crippen LogP contribution in [0.5, 0.6) is 11.5 Å². The van der Waals surface area contributed by atoms with E-state index in [0.717, 1.165) is 62.1 Å². The third kappa shape index (κ3) is 9.05. The highest BCUT2D eigenvalue weighted by atomic mass is 17.3. The van der Waals surface area contributed by atoms with Crippen molar-refractivity contribution in [3.05, 3.63) is 232 Å². The Kier molecular flexibility index (Phi) is 12.1. The quantitative estimate of drug-likeness (QED) is 0.0379. The minimum atomic E-state index is -0.350. The Morgan fingerprint density at radius 2 is 0.877 bits per heavy atom. The monoisotopic (exact) mass is 852 g/mol. The number of para-hydroxylation sites is 2. The molecule has 0 amide bonds. The molecule has 9 aromatic carbocycles. The van der Waals surface area contributed by atoms with Gasteiger partial charge in [0.05, 0.1) is 22.8 Å². The fraction of sp³-hybridized carbons (Fsp3) is 0.0357. The van der Waals surface area contributed by atoms with Crippen LogP contribution in [0.25, 0.3) is 45.8 Å². The van der Waals surface area contributed by atoms with Crippen LogP contribution in [0.15, 0.2) is 194 Å². The summed E-state index contributed by atoms with van der Waals surface area (Å²) in [6.45, 7) is 2.08. The van der Waals surface area contributed by atoms with Gasteiger partial charge in [-0.1, -0.05) is 120 Å². The average molecular weight is 853 g/mol. The van der Waals surface area contributed by atoms with Gasteiger partial charge in [-0.25, -0.2) is 0 Å². The van der Waals surface area contributed by atoms with Crippen LogP contribution in [0.4, 0.5) is 39.8 Å². The molecule has 9 nitrogen and oxygen atoms in total. The summed E-state index contributed by atoms with van der Waals surface area (Å²) in [6.07, 6.45) is 7.88. The van der Waals surface area contributed by atoms with E-state index in [1.165, 1.54) is 5.56 Å². The van der Waals surface area contributed by atoms with Crippen LogP contribution in [0.1, 0.15) is 27.8 Å². The summed E-state index contributed by atoms with van der Waals surface area (Å²) in [7, 11) is 1.66. The van der Waals surface area contributed by atoms with Crippen molar-refractivity contribution in [2.24, 2.45) is 5.90 Å². The van der Waals surface area contributed by atoms with E-state index in [0.29, 0.717) is 21.5 Å². The Hall–Kier alpha value is -8.50. The van der Waals surface area contributed by atoms with Crippen LogP contribution in [0, 0.1) is 17.0 Å². The SMILES string of the molecule is COc1ccc(N(c2ccccc2)c2ccc(C=Cc3ccc4c(OON)c5cc(C=Cc6ccc(N(c7ccccc7)c7ccc(C)cc7)cc6)ccc5c([N+](=O)[O-])c4c3)cc2)cc1. The average Bonchev–Trinajstić information content (AvgIpc) is 3.35. The fourth-order valence-electron chi connectivity index (χ4n) is 8.07. The summed E-state index contributed by atoms with van der Waals surface area (Å²) in [5.74, 6) is 6.55. The number of nitrogens with two attached hydrogens (primary N) is 1. The summed E-state index contributed by atoms with van der Waals surface area (Å²) >= 11 is 0. The first-order valence-electron chi connectivity index (χ1n) is 21.1. The topological polar surface area (TPSA) is 103 Å². The third-order valence-corrected chi connectivity index (χ3v) is 11.3. The van der Waals surface area contributed by atoms with Gasteiger partial charge in [0.15, 0.2) is 5.75 Å². The first-order valence-corrected chi connectivity index (χ1v) is 21.1. The number of aryl methyl sites for hydroxylation is 1. The van der Waals surface area contributed by atoms with Crippen LogP contribution >= 0.6 is 0 Å². The molecule has 0 atom stereocenters. The van der Waals surface area contributed by atoms with Crippen LogP contribution < -0.4 is 25.3 Å². The van der Waals surface area contributed by atoms with Gasteiger partial charge >= 0.3 is 0 Å². The molecule has 0 aliphatic heterocycles. The number of methoxy groups -OCH3 is 1. The zero-order valence-corrected chi connectivity index (χ0v) is 35.7. The maximum absolute atomic E-state index is 12.8. The van der Waals surface area contributed by atoms with Gasteiger partial charge in [0.2, 0.25) is 0 Å². The van der Waals surface area contributed by atoms with Crippen molar-refractivity contribution in [2.75, 3.05) is 16.9 Å². The van der Waals surface area contributed by atoms with Gasteiger partial charge in [0, 0.05) is 44.9 Å². The number of nitrogens with zero attached hydrogens (tertiary/aromatic N) is 3. The molecule has 0 saturated carbocycles. The standard InChI is InChI=1S/C56H44N4O5/c1-39-13-25-46(26-14-39)58(44-9-5-3-6-10-44)47-27-19-41(20-28-47)16-18-43-23-35-51-54(38-43)56(64-65-57)52-36-24-42(37-53(52)55(51)60(61)62)17-15-40-21-29-48(30-22-40)59(45-11-7-4-8-12-45)49-31-33-50(63-2)34-32-49/h3-38H,57H2,1-2H3. The normalized spacial score (nSPS) is 11.4. The molecule has 2 N–H and O–H groups in total. The van der Waals surface area contributed by atoms with Crippen molar-refractivity contribution in [3.8, 4) is 11.5 Å². The summed E-state index contributed by atoms with van der Waals surface area (Å²) in [4.78, 5) is 27.2. The number of rotatable bonds is 14. The molecule has 0 spiro atoms. The minimum Gasteiger partial charge on any atom is -0.497 e. The van der Waals surface area contributed by atoms with E-state index < -0.39 is 0 Å². The predicted molar refractivity (Wildman–Crippen MR) is 265 cm³/mol. The Labute approximate surface area is 377 Å². The second-order valence-corrected chi connectivity index (χ2v) is 15.4. The van der Waals surface area contributed by atoms with Crippen molar-refractivity contribution in [1.82, 2.24) is 0 Å². The van der Waals surface area contributed by atoms with Crippen molar-refractivity contribution in [2.45, 2.75) is 6.92 Å². The predicted octanol–water partition coefficient (Wildman–Crippen LogP) is 14.7. The highest BCUT2D eigenvalue weighted by Crippen LogP contribution is 2.44. The molecule has 0 aliphatic carbocycles. The molecule has 0 heterocycles. The molecule has 9 aromatic rings. The second-order valence-electron chi connectivity index (χ2n) is 15.4. The number of nitro groups is 1. The summed E-state index contributed by atoms with van der Waals surface area (Å²) < 4.78 is 5.39. The van der Waals surface area contributed by atoms with E-state index in [1.807, 2.05) is 115 Å². The van der Waals surface area contributed by atoms with E-state index in [-0.39, 0.29) is 16.4 Å². The molecule has 65 heavy (non-hydrogen) atoms. The van der Waals surface area contributed by atoms with E-state index in [9.17, 15) is 10.1 Å². The molecule has 0 saturated heterocycles. The summed E-state index contributed by atoms with van der Waals surface area (Å²) in [5.41, 5.74) is 10.8. The van der Waals surface area contributed by atoms with Crippen LogP contribution in [-0.4, -0.2) is 12.0 Å². The zero-order valence-electron chi connectivity index (χ0n) is 35.7. The van der Waals surface area contributed by atoms with Crippen molar-refractivity contribution < 1.29 is 19.5 Å². The molecule has 0 aromatic heterocycles. The largest absolute Gasteiger partial charge is 0.497 e. The number of nitro benzene ring substituents is 1. The van der Waals surface area contributed by atoms with Gasteiger partial charge in [-0.15, -0.1) is 0 Å². The van der Waals surface area contributed by atoms with Crippen LogP contribution in [0.2, 0.25) is 0 Å². The Morgan fingerprint density at radius 1 is 0.477 bits per heavy atom. The Morgan fingerprint density at radius 3 is 1.34 bits per heavy atom. The Balaban J connectivity index is 0.993. The molecule has 0 bridgehead atoms. The number of non-ortho nitro benzene ring substituents is 1. The molecule has 0 unspecified atom stereocenters. The van der Waals surface area contributed by atoms with Gasteiger partial charge in [-0.05, 0) is 138 Å². The Bertz CT molecular complexity index is 3160. The van der Waals surface area contributed by atoms with Crippen molar-refractivity contribution in [1.29, 1.82) is 0 Å². The van der Waals surface area contributed by atoms with Gasteiger partial charge in [-0.3, -0.25) is 10.1 Å². The summed E-state index contributed by atoms with van der Waals surface area (Å²) in [6, 6.07) is 64.3. The minimum absolute atomic E-state index is 0.0406. The lowest BCUT2D eigenvalue weighted by atomic mass is 9.96. The number of fused-ring (bicyclic) bond motifs is 2. The van der Waals surface area contributed by atoms with Gasteiger partial charge in [-0.2, -0.15) is 5.90 Å². The number of hydrogen-bond donors (Lipinski definition) is 1. The summed E-state index contributed by atoms with van der Waals surface area (Å²) in [5, 5.41) is 14.6. The molecule has 318 valence electrons. The smallest absolute Gasteiger partial charge is 0.285 e. The highest BCUT2D eigenvalue weighted by Gasteiger charge is 2.24. The number of benzene rings is 9. The number of hydrogen-bond acceptors (Lipinski definition) is 8. The zero-order chi connectivity index (χ0) is 44.7. The molecule has 0 aliphatic rings. The van der Waals surface area contributed by atoms with Crippen molar-refractivity contribution in [3.63, 3.8) is 0 Å². The lowest BCUT2D eigenvalue weighted by Gasteiger charge is -2.25. The maximum atomic E-state index is 12.8. The number of anilines is 6. The van der Waals surface area contributed by atoms with Crippen molar-refractivity contribution >= 4 is 85.7 Å². The molecular formula is C56H44N4O5. The van der Waals surface area contributed by atoms with Gasteiger partial charge in [0.1, 0.15) is 5.75 Å². The van der Waals surface area contributed by atoms with Gasteiger partial charge < -0.3 is 19.4 Å². The number of ether oxygens (including phenoxy) is 1. The molecule has 9 rings (SSSR count). The van der Waals surface area contributed by atoms with E-state index >= 15 is 0 Å². The lowest BCUT2D eigenvalue weighted by molar-refractivity contribution is -0.381. The first kappa shape index (κ1) is 41.8. The first-order chi connectivity index (χ1) is 31.9. The van der Waals surface area contributed by atoms with Crippen LogP contribution in [-0.2, 0) is 4.99 Å². The molecule has 0 radical (unpaired) electrons. The molecule has 9 heteroatoms. The highest BCUT2D eigenvalue weighted by molar-refractivity contribution is 6.14. The van der Waals surface area contributed by atoms with E-state index in [2.05, 4.69) is 102 Å². The van der Waals surface area contributed by atoms with Gasteiger partial charge in [0.25, 0.3) is 5.69 Å². The lowest BCUT2D eigenvalue weighted by Crippen LogP contribution is -2.09.